The van der Waals surface area contributed by atoms with Crippen molar-refractivity contribution in [1.82, 2.24) is 4.90 Å². The lowest BCUT2D eigenvalue weighted by molar-refractivity contribution is -0.0809. The van der Waals surface area contributed by atoms with E-state index in [4.69, 9.17) is 4.74 Å². The van der Waals surface area contributed by atoms with E-state index in [1.165, 1.54) is 12.0 Å². The Kier molecular flexibility index (Phi) is 10.7. The van der Waals surface area contributed by atoms with Gasteiger partial charge < -0.3 is 19.8 Å². The summed E-state index contributed by atoms with van der Waals surface area (Å²) in [7, 11) is 0. The first-order valence-corrected chi connectivity index (χ1v) is 16.3. The molecule has 4 aliphatic carbocycles. The molecule has 41 heavy (non-hydrogen) atoms. The molecule has 0 heterocycles. The zero-order valence-corrected chi connectivity index (χ0v) is 25.9. The highest BCUT2D eigenvalue weighted by Gasteiger charge is 2.57. The van der Waals surface area contributed by atoms with Gasteiger partial charge in [-0.25, -0.2) is 4.79 Å². The minimum absolute atomic E-state index is 0.0173. The average Bonchev–Trinajstić information content (AvgIpc) is 3.21. The van der Waals surface area contributed by atoms with Crippen molar-refractivity contribution in [2.75, 3.05) is 19.7 Å². The van der Waals surface area contributed by atoms with Crippen molar-refractivity contribution in [3.63, 3.8) is 0 Å². The Morgan fingerprint density at radius 2 is 1.83 bits per heavy atom. The van der Waals surface area contributed by atoms with Gasteiger partial charge in [-0.2, -0.15) is 0 Å². The normalized spacial score (nSPS) is 29.4. The van der Waals surface area contributed by atoms with Crippen molar-refractivity contribution < 1.29 is 24.5 Å². The van der Waals surface area contributed by atoms with Crippen molar-refractivity contribution in [2.45, 2.75) is 129 Å². The number of rotatable bonds is 7. The topological polar surface area (TPSA) is 87.1 Å². The van der Waals surface area contributed by atoms with Crippen LogP contribution in [-0.4, -0.2) is 58.4 Å². The minimum atomic E-state index is -1.11. The fourth-order valence-corrected chi connectivity index (χ4v) is 7.83. The number of hydrogen-bond acceptors (Lipinski definition) is 5. The summed E-state index contributed by atoms with van der Waals surface area (Å²) in [6, 6.07) is 6.27. The molecule has 0 spiro atoms. The summed E-state index contributed by atoms with van der Waals surface area (Å²) in [6.07, 6.45) is 12.4. The molecule has 4 atom stereocenters. The Morgan fingerprint density at radius 1 is 1.07 bits per heavy atom. The number of benzene rings is 1. The van der Waals surface area contributed by atoms with Gasteiger partial charge in [-0.1, -0.05) is 56.9 Å². The maximum Gasteiger partial charge on any atom is 0.409 e. The number of amides is 1. The van der Waals surface area contributed by atoms with Crippen LogP contribution in [0.15, 0.2) is 29.8 Å². The highest BCUT2D eigenvalue weighted by molar-refractivity contribution is 5.99. The molecule has 0 aliphatic heterocycles. The number of ether oxygens (including phenoxy) is 1. The van der Waals surface area contributed by atoms with E-state index in [0.29, 0.717) is 32.4 Å². The highest BCUT2D eigenvalue weighted by Crippen LogP contribution is 2.59. The van der Waals surface area contributed by atoms with E-state index < -0.39 is 17.1 Å². The van der Waals surface area contributed by atoms with E-state index in [1.807, 2.05) is 13.8 Å². The number of allylic oxidation sites excluding steroid dienone is 2. The third-order valence-electron chi connectivity index (χ3n) is 10.4. The first-order chi connectivity index (χ1) is 19.6. The number of aliphatic hydroxyl groups excluding tert-OH is 1. The zero-order chi connectivity index (χ0) is 29.6. The molecule has 2 saturated carbocycles. The lowest BCUT2D eigenvalue weighted by atomic mass is 9.64. The van der Waals surface area contributed by atoms with Gasteiger partial charge in [0.15, 0.2) is 5.78 Å². The van der Waals surface area contributed by atoms with E-state index >= 15 is 0 Å². The summed E-state index contributed by atoms with van der Waals surface area (Å²) in [5, 5.41) is 23.3. The SMILES string of the molecule is CCCN(C[C@]1(O)CC[C@H]2c3ccc(cc3C(=O)C3CCCCC3)C[C@@H](O)CCC(C)=CCC[C@@]21C)C(=O)OCC. The molecule has 228 valence electrons. The van der Waals surface area contributed by atoms with Gasteiger partial charge in [0, 0.05) is 23.4 Å². The van der Waals surface area contributed by atoms with Gasteiger partial charge in [0.25, 0.3) is 0 Å². The van der Waals surface area contributed by atoms with E-state index in [1.54, 1.807) is 4.90 Å². The van der Waals surface area contributed by atoms with Gasteiger partial charge in [-0.05, 0) is 101 Å². The summed E-state index contributed by atoms with van der Waals surface area (Å²) < 4.78 is 5.38. The van der Waals surface area contributed by atoms with Crippen LogP contribution in [0.25, 0.3) is 0 Å². The average molecular weight is 568 g/mol. The lowest BCUT2D eigenvalue weighted by Crippen LogP contribution is -2.54. The number of ketones is 1. The summed E-state index contributed by atoms with van der Waals surface area (Å²) in [4.78, 5) is 28.7. The molecule has 0 aromatic heterocycles. The molecular formula is C35H53NO5. The standard InChI is InChI=1S/C35H53NO5/c1-5-21-36(33(39)41-6-2)24-35(40)20-18-31-29-17-15-26(23-30(29)32(38)27-12-8-7-9-13-27)22-28(37)16-14-25(3)11-10-19-34(31,35)4/h11,15,17,23,27-28,31,37,40H,5-10,12-14,16,18-22,24H2,1-4H3/t28-,31-,34-,35+/m0/s1. The molecule has 2 fully saturated rings. The first kappa shape index (κ1) is 31.7. The van der Waals surface area contributed by atoms with Crippen molar-refractivity contribution >= 4 is 11.9 Å². The first-order valence-electron chi connectivity index (χ1n) is 16.3. The molecule has 1 amide bonds. The van der Waals surface area contributed by atoms with Gasteiger partial charge in [0.2, 0.25) is 0 Å². The quantitative estimate of drug-likeness (QED) is 0.266. The third-order valence-corrected chi connectivity index (χ3v) is 10.4. The second kappa shape index (κ2) is 13.9. The van der Waals surface area contributed by atoms with Crippen LogP contribution in [0.4, 0.5) is 4.79 Å². The van der Waals surface area contributed by atoms with Gasteiger partial charge >= 0.3 is 6.09 Å². The molecular weight excluding hydrogens is 514 g/mol. The summed E-state index contributed by atoms with van der Waals surface area (Å²) in [5.74, 6) is 0.259. The fraction of sp³-hybridized carbons (Fsp3) is 0.714. The Morgan fingerprint density at radius 3 is 2.54 bits per heavy atom. The second-order valence-electron chi connectivity index (χ2n) is 13.3. The van der Waals surface area contributed by atoms with E-state index in [2.05, 4.69) is 38.1 Å². The van der Waals surface area contributed by atoms with E-state index in [9.17, 15) is 19.8 Å². The molecule has 0 saturated heterocycles. The Hall–Kier alpha value is -2.18. The molecule has 6 nitrogen and oxygen atoms in total. The largest absolute Gasteiger partial charge is 0.450 e. The maximum absolute atomic E-state index is 14.1. The van der Waals surface area contributed by atoms with Crippen LogP contribution in [0.2, 0.25) is 0 Å². The number of fused-ring (bicyclic) bond motifs is 8. The number of hydrogen-bond donors (Lipinski definition) is 2. The Bertz CT molecular complexity index is 1090. The van der Waals surface area contributed by atoms with Gasteiger partial charge in [-0.3, -0.25) is 4.79 Å². The summed E-state index contributed by atoms with van der Waals surface area (Å²) >= 11 is 0. The number of nitrogens with zero attached hydrogens (tertiary/aromatic N) is 1. The van der Waals surface area contributed by atoms with Gasteiger partial charge in [-0.15, -0.1) is 0 Å². The number of aliphatic hydroxyl groups is 2. The molecule has 2 bridgehead atoms. The summed E-state index contributed by atoms with van der Waals surface area (Å²) in [6.45, 7) is 9.21. The third kappa shape index (κ3) is 7.07. The van der Waals surface area contributed by atoms with Gasteiger partial charge in [0.1, 0.15) is 0 Å². The molecule has 6 heteroatoms. The van der Waals surface area contributed by atoms with Crippen molar-refractivity contribution in [3.05, 3.63) is 46.5 Å². The number of carbonyl (C=O) groups excluding carboxylic acids is 2. The van der Waals surface area contributed by atoms with Crippen LogP contribution in [0.1, 0.15) is 132 Å². The molecule has 1 aromatic carbocycles. The smallest absolute Gasteiger partial charge is 0.409 e. The fourth-order valence-electron chi connectivity index (χ4n) is 7.83. The van der Waals surface area contributed by atoms with Crippen molar-refractivity contribution in [2.24, 2.45) is 11.3 Å². The van der Waals surface area contributed by atoms with Crippen LogP contribution >= 0.6 is 0 Å². The summed E-state index contributed by atoms with van der Waals surface area (Å²) in [5.41, 5.74) is 2.43. The van der Waals surface area contributed by atoms with Crippen molar-refractivity contribution in [1.29, 1.82) is 0 Å². The minimum Gasteiger partial charge on any atom is -0.450 e. The number of carbonyl (C=O) groups is 2. The second-order valence-corrected chi connectivity index (χ2v) is 13.3. The Labute approximate surface area is 247 Å². The molecule has 0 unspecified atom stereocenters. The van der Waals surface area contributed by atoms with Crippen LogP contribution in [-0.2, 0) is 11.2 Å². The molecule has 0 radical (unpaired) electrons. The molecule has 1 aromatic rings. The van der Waals surface area contributed by atoms with Gasteiger partial charge in [0.05, 0.1) is 24.9 Å². The van der Waals surface area contributed by atoms with Crippen LogP contribution in [0.5, 0.6) is 0 Å². The molecule has 5 rings (SSSR count). The van der Waals surface area contributed by atoms with Crippen LogP contribution in [0.3, 0.4) is 0 Å². The zero-order valence-electron chi connectivity index (χ0n) is 25.9. The van der Waals surface area contributed by atoms with Crippen LogP contribution < -0.4 is 0 Å². The Balaban J connectivity index is 1.79. The monoisotopic (exact) mass is 567 g/mol. The maximum atomic E-state index is 14.1. The molecule has 4 aliphatic rings. The molecule has 2 N–H and O–H groups in total. The lowest BCUT2D eigenvalue weighted by Gasteiger charge is -2.46. The van der Waals surface area contributed by atoms with Crippen LogP contribution in [0, 0.1) is 11.3 Å². The predicted octanol–water partition coefficient (Wildman–Crippen LogP) is 7.36. The number of Topliss-reactive ketones (excluding diaryl/α,β-unsaturated/α-hetero) is 1. The predicted molar refractivity (Wildman–Crippen MR) is 163 cm³/mol. The highest BCUT2D eigenvalue weighted by atomic mass is 16.6. The van der Waals surface area contributed by atoms with E-state index in [-0.39, 0.29) is 30.3 Å². The van der Waals surface area contributed by atoms with E-state index in [0.717, 1.165) is 74.5 Å². The van der Waals surface area contributed by atoms with Crippen molar-refractivity contribution in [3.8, 4) is 0 Å².